The van der Waals surface area contributed by atoms with Crippen LogP contribution in [0, 0.1) is 5.41 Å². The van der Waals surface area contributed by atoms with Crippen molar-refractivity contribution in [3.8, 4) is 0 Å². The summed E-state index contributed by atoms with van der Waals surface area (Å²) in [5.74, 6) is 0.438. The SMILES string of the molecule is C=CC(=O)N(CC1(Nc2ncnc(N)c2C(=N)c2cccc(CO)c2)CC1)c1ccccc1. The normalized spacial score (nSPS) is 13.7. The van der Waals surface area contributed by atoms with Crippen molar-refractivity contribution < 1.29 is 9.90 Å². The van der Waals surface area contributed by atoms with E-state index in [4.69, 9.17) is 11.1 Å². The van der Waals surface area contributed by atoms with E-state index in [0.29, 0.717) is 29.1 Å². The Hall–Kier alpha value is -4.04. The van der Waals surface area contributed by atoms with E-state index in [2.05, 4.69) is 21.9 Å². The molecule has 1 saturated carbocycles. The molecule has 1 aliphatic rings. The van der Waals surface area contributed by atoms with E-state index in [1.165, 1.54) is 12.4 Å². The first-order chi connectivity index (χ1) is 16.0. The lowest BCUT2D eigenvalue weighted by molar-refractivity contribution is -0.114. The number of nitrogens with two attached hydrogens (primary N) is 1. The number of anilines is 3. The third-order valence-corrected chi connectivity index (χ3v) is 5.73. The molecule has 1 aromatic heterocycles. The van der Waals surface area contributed by atoms with Gasteiger partial charge in [0, 0.05) is 17.8 Å². The van der Waals surface area contributed by atoms with Gasteiger partial charge in [-0.2, -0.15) is 0 Å². The third kappa shape index (κ3) is 4.75. The number of rotatable bonds is 9. The van der Waals surface area contributed by atoms with Gasteiger partial charge in [0.1, 0.15) is 18.0 Å². The van der Waals surface area contributed by atoms with Crippen LogP contribution in [0.4, 0.5) is 17.3 Å². The molecular formula is C25H26N6O2. The molecule has 8 heteroatoms. The zero-order valence-electron chi connectivity index (χ0n) is 18.2. The highest BCUT2D eigenvalue weighted by Gasteiger charge is 2.46. The second-order valence-corrected chi connectivity index (χ2v) is 8.09. The fraction of sp³-hybridized carbons (Fsp3) is 0.200. The summed E-state index contributed by atoms with van der Waals surface area (Å²) in [4.78, 5) is 22.8. The van der Waals surface area contributed by atoms with Crippen molar-refractivity contribution in [2.75, 3.05) is 22.5 Å². The summed E-state index contributed by atoms with van der Waals surface area (Å²) < 4.78 is 0. The molecule has 1 heterocycles. The second-order valence-electron chi connectivity index (χ2n) is 8.09. The van der Waals surface area contributed by atoms with Crippen LogP contribution >= 0.6 is 0 Å². The Morgan fingerprint density at radius 1 is 1.21 bits per heavy atom. The number of benzene rings is 2. The number of nitrogen functional groups attached to an aromatic ring is 1. The van der Waals surface area contributed by atoms with Gasteiger partial charge in [0.2, 0.25) is 5.91 Å². The molecule has 0 bridgehead atoms. The van der Waals surface area contributed by atoms with Crippen molar-refractivity contribution in [2.24, 2.45) is 0 Å². The van der Waals surface area contributed by atoms with Gasteiger partial charge in [-0.05, 0) is 42.7 Å². The van der Waals surface area contributed by atoms with E-state index in [9.17, 15) is 9.90 Å². The van der Waals surface area contributed by atoms with Crippen molar-refractivity contribution in [1.29, 1.82) is 5.41 Å². The molecule has 33 heavy (non-hydrogen) atoms. The zero-order chi connectivity index (χ0) is 23.4. The summed E-state index contributed by atoms with van der Waals surface area (Å²) in [6, 6.07) is 16.5. The van der Waals surface area contributed by atoms with Crippen LogP contribution in [-0.4, -0.2) is 38.8 Å². The minimum absolute atomic E-state index is 0.122. The first kappa shape index (κ1) is 22.2. The molecule has 0 unspecified atom stereocenters. The lowest BCUT2D eigenvalue weighted by atomic mass is 10.0. The average molecular weight is 443 g/mol. The molecule has 4 rings (SSSR count). The number of para-hydroxylation sites is 1. The van der Waals surface area contributed by atoms with E-state index < -0.39 is 5.54 Å². The summed E-state index contributed by atoms with van der Waals surface area (Å²) in [6.45, 7) is 3.94. The quantitative estimate of drug-likeness (QED) is 0.298. The first-order valence-electron chi connectivity index (χ1n) is 10.6. The molecule has 3 aromatic rings. The van der Waals surface area contributed by atoms with Crippen molar-refractivity contribution in [2.45, 2.75) is 25.0 Å². The highest BCUT2D eigenvalue weighted by atomic mass is 16.3. The van der Waals surface area contributed by atoms with Gasteiger partial charge in [-0.15, -0.1) is 0 Å². The summed E-state index contributed by atoms with van der Waals surface area (Å²) in [6.07, 6.45) is 4.33. The van der Waals surface area contributed by atoms with Crippen LogP contribution in [0.5, 0.6) is 0 Å². The van der Waals surface area contributed by atoms with E-state index in [1.54, 1.807) is 29.2 Å². The lowest BCUT2D eigenvalue weighted by Gasteiger charge is -2.28. The molecule has 1 amide bonds. The van der Waals surface area contributed by atoms with Crippen LogP contribution < -0.4 is 16.0 Å². The number of aliphatic hydroxyl groups excluding tert-OH is 1. The number of hydrogen-bond donors (Lipinski definition) is 4. The van der Waals surface area contributed by atoms with E-state index in [1.807, 2.05) is 30.3 Å². The molecule has 1 aliphatic carbocycles. The number of nitrogens with zero attached hydrogens (tertiary/aromatic N) is 3. The van der Waals surface area contributed by atoms with Crippen molar-refractivity contribution in [3.63, 3.8) is 0 Å². The smallest absolute Gasteiger partial charge is 0.250 e. The maximum Gasteiger partial charge on any atom is 0.250 e. The van der Waals surface area contributed by atoms with Crippen LogP contribution in [0.25, 0.3) is 0 Å². The minimum Gasteiger partial charge on any atom is -0.392 e. The molecule has 1 fully saturated rings. The molecule has 0 atom stereocenters. The van der Waals surface area contributed by atoms with Gasteiger partial charge in [-0.1, -0.05) is 43.0 Å². The average Bonchev–Trinajstić information content (AvgIpc) is 3.61. The van der Waals surface area contributed by atoms with Gasteiger partial charge in [0.05, 0.1) is 23.4 Å². The standard InChI is InChI=1S/C25H26N6O2/c1-2-20(33)31(19-9-4-3-5-10-19)15-25(11-12-25)30-24-21(23(27)28-16-29-24)22(26)18-8-6-7-17(13-18)14-32/h2-10,13,16,26,32H,1,11-12,14-15H2,(H3,27,28,29,30). The number of hydrogen-bond acceptors (Lipinski definition) is 7. The van der Waals surface area contributed by atoms with Crippen LogP contribution in [0.3, 0.4) is 0 Å². The molecular weight excluding hydrogens is 416 g/mol. The molecule has 5 N–H and O–H groups in total. The Kier molecular flexibility index (Phi) is 6.19. The highest BCUT2D eigenvalue weighted by Crippen LogP contribution is 2.41. The molecule has 0 radical (unpaired) electrons. The summed E-state index contributed by atoms with van der Waals surface area (Å²) in [5.41, 5.74) is 8.39. The fourth-order valence-electron chi connectivity index (χ4n) is 3.75. The predicted molar refractivity (Wildman–Crippen MR) is 129 cm³/mol. The van der Waals surface area contributed by atoms with Gasteiger partial charge in [-0.25, -0.2) is 9.97 Å². The minimum atomic E-state index is -0.405. The number of aromatic nitrogens is 2. The Morgan fingerprint density at radius 3 is 2.64 bits per heavy atom. The number of carbonyl (C=O) groups excluding carboxylic acids is 1. The Labute approximate surface area is 192 Å². The van der Waals surface area contributed by atoms with Crippen molar-refractivity contribution in [1.82, 2.24) is 9.97 Å². The van der Waals surface area contributed by atoms with E-state index in [0.717, 1.165) is 18.5 Å². The number of amides is 1. The highest BCUT2D eigenvalue weighted by molar-refractivity contribution is 6.16. The fourth-order valence-corrected chi connectivity index (χ4v) is 3.75. The topological polar surface area (TPSA) is 128 Å². The van der Waals surface area contributed by atoms with Crippen LogP contribution in [0.15, 0.2) is 73.6 Å². The Balaban J connectivity index is 1.64. The monoisotopic (exact) mass is 442 g/mol. The molecule has 0 spiro atoms. The maximum absolute atomic E-state index is 12.6. The van der Waals surface area contributed by atoms with E-state index in [-0.39, 0.29) is 24.0 Å². The van der Waals surface area contributed by atoms with Crippen molar-refractivity contribution >= 4 is 28.9 Å². The molecule has 2 aromatic carbocycles. The van der Waals surface area contributed by atoms with Crippen LogP contribution in [0.1, 0.15) is 29.5 Å². The third-order valence-electron chi connectivity index (χ3n) is 5.73. The number of nitrogens with one attached hydrogen (secondary N) is 2. The van der Waals surface area contributed by atoms with Gasteiger partial charge < -0.3 is 21.1 Å². The molecule has 8 nitrogen and oxygen atoms in total. The largest absolute Gasteiger partial charge is 0.392 e. The van der Waals surface area contributed by atoms with E-state index >= 15 is 0 Å². The lowest BCUT2D eigenvalue weighted by Crippen LogP contribution is -2.42. The van der Waals surface area contributed by atoms with Gasteiger partial charge >= 0.3 is 0 Å². The number of carbonyl (C=O) groups is 1. The number of aliphatic hydroxyl groups is 1. The van der Waals surface area contributed by atoms with Gasteiger partial charge in [0.15, 0.2) is 0 Å². The Morgan fingerprint density at radius 2 is 1.97 bits per heavy atom. The molecule has 0 saturated heterocycles. The zero-order valence-corrected chi connectivity index (χ0v) is 18.2. The molecule has 0 aliphatic heterocycles. The van der Waals surface area contributed by atoms with Crippen molar-refractivity contribution in [3.05, 3.63) is 90.3 Å². The summed E-state index contributed by atoms with van der Waals surface area (Å²) >= 11 is 0. The van der Waals surface area contributed by atoms with Crippen LogP contribution in [0.2, 0.25) is 0 Å². The first-order valence-corrected chi connectivity index (χ1v) is 10.6. The summed E-state index contributed by atoms with van der Waals surface area (Å²) in [5, 5.41) is 21.7. The van der Waals surface area contributed by atoms with Crippen LogP contribution in [-0.2, 0) is 11.4 Å². The van der Waals surface area contributed by atoms with Gasteiger partial charge in [0.25, 0.3) is 0 Å². The second kappa shape index (κ2) is 9.22. The Bertz CT molecular complexity index is 1190. The maximum atomic E-state index is 12.6. The predicted octanol–water partition coefficient (Wildman–Crippen LogP) is 3.13. The van der Waals surface area contributed by atoms with Gasteiger partial charge in [-0.3, -0.25) is 10.2 Å². The summed E-state index contributed by atoms with van der Waals surface area (Å²) in [7, 11) is 0. The molecule has 168 valence electrons.